The van der Waals surface area contributed by atoms with Crippen molar-refractivity contribution in [1.29, 1.82) is 0 Å². The lowest BCUT2D eigenvalue weighted by molar-refractivity contribution is -0.137. The smallest absolute Gasteiger partial charge is 0.416 e. The third-order valence-corrected chi connectivity index (χ3v) is 5.10. The zero-order valence-corrected chi connectivity index (χ0v) is 17.5. The highest BCUT2D eigenvalue weighted by Gasteiger charge is 2.35. The molecule has 0 spiro atoms. The van der Waals surface area contributed by atoms with E-state index < -0.39 is 35.1 Å². The number of hydrogen-bond donors (Lipinski definition) is 2. The van der Waals surface area contributed by atoms with Gasteiger partial charge in [-0.3, -0.25) is 14.3 Å². The van der Waals surface area contributed by atoms with Gasteiger partial charge in [0, 0.05) is 31.1 Å². The van der Waals surface area contributed by atoms with Gasteiger partial charge in [0.25, 0.3) is 11.5 Å². The molecule has 0 bridgehead atoms. The van der Waals surface area contributed by atoms with Crippen molar-refractivity contribution in [3.05, 3.63) is 69.5 Å². The molecule has 4 rings (SSSR count). The standard InChI is InChI=1S/C21H19F4N5O3/c1-11-8-29(2)28-18(11)27-20(32)17-16(3-4-26-19(17)31)30-9-15(10-30)33-14-6-12(21(23,24)25)5-13(22)7-14/h3-8,15H,9-10H2,1-2H3,(H,26,31)(H,27,28,32). The average Bonchev–Trinajstić information content (AvgIpc) is 2.99. The molecule has 0 radical (unpaired) electrons. The Morgan fingerprint density at radius 1 is 1.27 bits per heavy atom. The van der Waals surface area contributed by atoms with Crippen molar-refractivity contribution < 1.29 is 27.1 Å². The number of pyridine rings is 1. The van der Waals surface area contributed by atoms with Gasteiger partial charge in [-0.15, -0.1) is 0 Å². The van der Waals surface area contributed by atoms with Crippen LogP contribution in [0.15, 0.2) is 41.5 Å². The van der Waals surface area contributed by atoms with E-state index in [1.807, 2.05) is 0 Å². The zero-order valence-electron chi connectivity index (χ0n) is 17.5. The Hall–Kier alpha value is -3.83. The Balaban J connectivity index is 1.49. The SMILES string of the molecule is Cc1cn(C)nc1NC(=O)c1c(N2CC(Oc3cc(F)cc(C(F)(F)F)c3)C2)cc[nH]c1=O. The van der Waals surface area contributed by atoms with Crippen LogP contribution in [-0.4, -0.2) is 39.9 Å². The van der Waals surface area contributed by atoms with Crippen LogP contribution in [0.2, 0.25) is 0 Å². The second-order valence-electron chi connectivity index (χ2n) is 7.67. The number of alkyl halides is 3. The number of anilines is 2. The van der Waals surface area contributed by atoms with Gasteiger partial charge < -0.3 is 19.9 Å². The van der Waals surface area contributed by atoms with Crippen LogP contribution in [0, 0.1) is 12.7 Å². The Morgan fingerprint density at radius 3 is 2.64 bits per heavy atom. The number of aryl methyl sites for hydroxylation is 2. The molecule has 2 aromatic heterocycles. The second kappa shape index (κ2) is 8.26. The van der Waals surface area contributed by atoms with Gasteiger partial charge in [0.1, 0.15) is 23.2 Å². The van der Waals surface area contributed by atoms with Gasteiger partial charge in [-0.1, -0.05) is 0 Å². The van der Waals surface area contributed by atoms with Crippen LogP contribution < -0.4 is 20.5 Å². The first-order valence-corrected chi connectivity index (χ1v) is 9.84. The number of nitrogens with zero attached hydrogens (tertiary/aromatic N) is 3. The monoisotopic (exact) mass is 465 g/mol. The van der Waals surface area contributed by atoms with Crippen LogP contribution in [0.4, 0.5) is 29.1 Å². The van der Waals surface area contributed by atoms with Gasteiger partial charge in [0.2, 0.25) is 0 Å². The van der Waals surface area contributed by atoms with Gasteiger partial charge in [0.05, 0.1) is 24.3 Å². The maximum atomic E-state index is 13.6. The van der Waals surface area contributed by atoms with E-state index in [0.717, 1.165) is 12.1 Å². The molecule has 3 heterocycles. The molecule has 1 saturated heterocycles. The van der Waals surface area contributed by atoms with E-state index in [1.54, 1.807) is 31.1 Å². The van der Waals surface area contributed by atoms with Gasteiger partial charge in [-0.25, -0.2) is 4.39 Å². The summed E-state index contributed by atoms with van der Waals surface area (Å²) in [6, 6.07) is 3.54. The molecule has 0 unspecified atom stereocenters. The molecule has 1 aromatic carbocycles. The molecule has 1 aliphatic rings. The fraction of sp³-hybridized carbons (Fsp3) is 0.286. The molecule has 0 saturated carbocycles. The number of rotatable bonds is 5. The molecule has 1 aliphatic heterocycles. The first-order valence-electron chi connectivity index (χ1n) is 9.84. The van der Waals surface area contributed by atoms with Crippen LogP contribution in [0.3, 0.4) is 0 Å². The Morgan fingerprint density at radius 2 is 2.00 bits per heavy atom. The van der Waals surface area contributed by atoms with E-state index in [0.29, 0.717) is 23.1 Å². The van der Waals surface area contributed by atoms with Crippen molar-refractivity contribution in [2.24, 2.45) is 7.05 Å². The number of halogens is 4. The molecule has 3 aromatic rings. The molecular weight excluding hydrogens is 446 g/mol. The molecular formula is C21H19F4N5O3. The summed E-state index contributed by atoms with van der Waals surface area (Å²) < 4.78 is 59.3. The van der Waals surface area contributed by atoms with E-state index in [-0.39, 0.29) is 24.4 Å². The topological polar surface area (TPSA) is 92.2 Å². The maximum Gasteiger partial charge on any atom is 0.416 e. The van der Waals surface area contributed by atoms with E-state index in [1.165, 1.54) is 10.9 Å². The minimum Gasteiger partial charge on any atom is -0.487 e. The summed E-state index contributed by atoms with van der Waals surface area (Å²) in [4.78, 5) is 29.3. The predicted molar refractivity (Wildman–Crippen MR) is 111 cm³/mol. The molecule has 8 nitrogen and oxygen atoms in total. The van der Waals surface area contributed by atoms with Crippen LogP contribution in [0.5, 0.6) is 5.75 Å². The predicted octanol–water partition coefficient (Wildman–Crippen LogP) is 3.09. The van der Waals surface area contributed by atoms with Crippen molar-refractivity contribution in [2.75, 3.05) is 23.3 Å². The third kappa shape index (κ3) is 4.69. The average molecular weight is 465 g/mol. The third-order valence-electron chi connectivity index (χ3n) is 5.10. The fourth-order valence-corrected chi connectivity index (χ4v) is 3.55. The Labute approximate surface area is 184 Å². The van der Waals surface area contributed by atoms with Crippen molar-refractivity contribution in [3.8, 4) is 5.75 Å². The largest absolute Gasteiger partial charge is 0.487 e. The minimum atomic E-state index is -4.70. The van der Waals surface area contributed by atoms with Crippen molar-refractivity contribution in [2.45, 2.75) is 19.2 Å². The summed E-state index contributed by atoms with van der Waals surface area (Å²) >= 11 is 0. The first kappa shape index (κ1) is 22.4. The molecule has 0 atom stereocenters. The van der Waals surface area contributed by atoms with Crippen LogP contribution in [0.25, 0.3) is 0 Å². The maximum absolute atomic E-state index is 13.6. The number of hydrogen-bond acceptors (Lipinski definition) is 5. The van der Waals surface area contributed by atoms with Gasteiger partial charge >= 0.3 is 6.18 Å². The lowest BCUT2D eigenvalue weighted by Crippen LogP contribution is -2.55. The molecule has 33 heavy (non-hydrogen) atoms. The molecule has 12 heteroatoms. The summed E-state index contributed by atoms with van der Waals surface area (Å²) in [5.41, 5.74) is -0.841. The van der Waals surface area contributed by atoms with E-state index in [4.69, 9.17) is 4.74 Å². The van der Waals surface area contributed by atoms with Gasteiger partial charge in [0.15, 0.2) is 5.82 Å². The number of benzene rings is 1. The summed E-state index contributed by atoms with van der Waals surface area (Å²) in [5.74, 6) is -1.65. The summed E-state index contributed by atoms with van der Waals surface area (Å²) in [6.07, 6.45) is -2.16. The highest BCUT2D eigenvalue weighted by molar-refractivity contribution is 6.07. The quantitative estimate of drug-likeness (QED) is 0.565. The van der Waals surface area contributed by atoms with Crippen LogP contribution in [-0.2, 0) is 13.2 Å². The summed E-state index contributed by atoms with van der Waals surface area (Å²) in [6.45, 7) is 2.13. The molecule has 0 aliphatic carbocycles. The van der Waals surface area contributed by atoms with E-state index in [9.17, 15) is 27.2 Å². The van der Waals surface area contributed by atoms with Gasteiger partial charge in [-0.2, -0.15) is 18.3 Å². The Bertz CT molecular complexity index is 1260. The van der Waals surface area contributed by atoms with Crippen molar-refractivity contribution in [1.82, 2.24) is 14.8 Å². The number of ether oxygens (including phenoxy) is 1. The number of amides is 1. The molecule has 174 valence electrons. The normalized spacial score (nSPS) is 14.2. The van der Waals surface area contributed by atoms with Crippen LogP contribution in [0.1, 0.15) is 21.5 Å². The number of aromatic amines is 1. The summed E-state index contributed by atoms with van der Waals surface area (Å²) in [7, 11) is 1.69. The lowest BCUT2D eigenvalue weighted by atomic mass is 10.1. The highest BCUT2D eigenvalue weighted by Crippen LogP contribution is 2.33. The number of aromatic nitrogens is 3. The number of carbonyl (C=O) groups excluding carboxylic acids is 1. The molecule has 2 N–H and O–H groups in total. The second-order valence-corrected chi connectivity index (χ2v) is 7.67. The van der Waals surface area contributed by atoms with Crippen molar-refractivity contribution >= 4 is 17.4 Å². The molecule has 1 amide bonds. The number of H-pyrrole nitrogens is 1. The van der Waals surface area contributed by atoms with E-state index in [2.05, 4.69) is 15.4 Å². The molecule has 1 fully saturated rings. The fourth-order valence-electron chi connectivity index (χ4n) is 3.55. The number of carbonyl (C=O) groups is 1. The van der Waals surface area contributed by atoms with Crippen LogP contribution >= 0.6 is 0 Å². The van der Waals surface area contributed by atoms with E-state index >= 15 is 0 Å². The number of nitrogens with one attached hydrogen (secondary N) is 2. The Kier molecular flexibility index (Phi) is 5.60. The minimum absolute atomic E-state index is 0.133. The summed E-state index contributed by atoms with van der Waals surface area (Å²) in [5, 5.41) is 6.74. The van der Waals surface area contributed by atoms with Crippen molar-refractivity contribution in [3.63, 3.8) is 0 Å². The zero-order chi connectivity index (χ0) is 23.9. The lowest BCUT2D eigenvalue weighted by Gasteiger charge is -2.41. The first-order chi connectivity index (χ1) is 15.5. The highest BCUT2D eigenvalue weighted by atomic mass is 19.4. The van der Waals surface area contributed by atoms with Gasteiger partial charge in [-0.05, 0) is 25.1 Å².